The Morgan fingerprint density at radius 3 is 2.32 bits per heavy atom. The molecule has 1 aromatic rings. The van der Waals surface area contributed by atoms with Crippen molar-refractivity contribution in [2.45, 2.75) is 6.54 Å². The van der Waals surface area contributed by atoms with Crippen LogP contribution in [-0.2, 0) is 11.3 Å². The predicted octanol–water partition coefficient (Wildman–Crippen LogP) is 1.00. The van der Waals surface area contributed by atoms with E-state index >= 15 is 0 Å². The zero-order valence-electron chi connectivity index (χ0n) is 12.1. The van der Waals surface area contributed by atoms with Gasteiger partial charge in [0, 0.05) is 38.8 Å². The van der Waals surface area contributed by atoms with Gasteiger partial charge in [-0.15, -0.1) is 0 Å². The molecule has 0 aromatic heterocycles. The van der Waals surface area contributed by atoms with Crippen molar-refractivity contribution in [1.29, 1.82) is 0 Å². The average Bonchev–Trinajstić information content (AvgIpc) is 2.54. The van der Waals surface area contributed by atoms with Crippen molar-refractivity contribution in [1.82, 2.24) is 15.3 Å². The highest BCUT2D eigenvalue weighted by Crippen LogP contribution is 2.11. The van der Waals surface area contributed by atoms with E-state index in [4.69, 9.17) is 10.3 Å². The van der Waals surface area contributed by atoms with Gasteiger partial charge in [0.1, 0.15) is 0 Å². The number of amides is 2. The summed E-state index contributed by atoms with van der Waals surface area (Å²) in [6, 6.07) is 7.73. The number of hydrogen-bond acceptors (Lipinski definition) is 4. The summed E-state index contributed by atoms with van der Waals surface area (Å²) in [5.74, 6) is -0.569. The molecule has 1 aliphatic heterocycles. The highest BCUT2D eigenvalue weighted by Gasteiger charge is 2.19. The van der Waals surface area contributed by atoms with Crippen molar-refractivity contribution in [3.63, 3.8) is 0 Å². The summed E-state index contributed by atoms with van der Waals surface area (Å²) in [6.45, 7) is 3.29. The quantitative estimate of drug-likeness (QED) is 0.438. The van der Waals surface area contributed by atoms with Gasteiger partial charge in [0.2, 0.25) is 0 Å². The van der Waals surface area contributed by atoms with Gasteiger partial charge in [-0.05, 0) is 17.2 Å². The van der Waals surface area contributed by atoms with Crippen LogP contribution in [0.4, 0.5) is 4.79 Å². The zero-order valence-corrected chi connectivity index (χ0v) is 12.1. The molecule has 22 heavy (non-hydrogen) atoms. The zero-order chi connectivity index (χ0) is 15.9. The molecule has 1 aromatic carbocycles. The Bertz CT molecular complexity index is 548. The van der Waals surface area contributed by atoms with E-state index in [9.17, 15) is 9.59 Å². The number of benzene rings is 1. The van der Waals surface area contributed by atoms with Gasteiger partial charge < -0.3 is 10.0 Å². The highest BCUT2D eigenvalue weighted by atomic mass is 16.5. The fourth-order valence-corrected chi connectivity index (χ4v) is 2.30. The minimum absolute atomic E-state index is 0.534. The van der Waals surface area contributed by atoms with Crippen LogP contribution in [-0.4, -0.2) is 58.3 Å². The van der Waals surface area contributed by atoms with Gasteiger partial charge in [-0.1, -0.05) is 24.3 Å². The lowest BCUT2D eigenvalue weighted by Crippen LogP contribution is -2.47. The normalized spacial score (nSPS) is 16.0. The molecule has 7 heteroatoms. The Morgan fingerprint density at radius 1 is 1.14 bits per heavy atom. The topological polar surface area (TPSA) is 93.1 Å². The third-order valence-electron chi connectivity index (χ3n) is 3.57. The van der Waals surface area contributed by atoms with Gasteiger partial charge >= 0.3 is 6.09 Å². The second-order valence-corrected chi connectivity index (χ2v) is 5.10. The lowest BCUT2D eigenvalue weighted by Gasteiger charge is -2.33. The number of hydroxylamine groups is 1. The summed E-state index contributed by atoms with van der Waals surface area (Å²) in [4.78, 5) is 25.4. The average molecular weight is 305 g/mol. The van der Waals surface area contributed by atoms with Gasteiger partial charge in [-0.3, -0.25) is 14.9 Å². The number of nitrogens with one attached hydrogen (secondary N) is 1. The maximum atomic E-state index is 10.9. The first-order valence-electron chi connectivity index (χ1n) is 7.00. The van der Waals surface area contributed by atoms with Crippen LogP contribution in [0.5, 0.6) is 0 Å². The SMILES string of the molecule is O=C(/C=C/c1ccc(CN2CCN(C(=O)O)CC2)cc1)NO. The second-order valence-electron chi connectivity index (χ2n) is 5.10. The molecule has 0 aliphatic carbocycles. The largest absolute Gasteiger partial charge is 0.465 e. The molecule has 0 bridgehead atoms. The molecular formula is C15H19N3O4. The maximum Gasteiger partial charge on any atom is 0.407 e. The number of piperazine rings is 1. The monoisotopic (exact) mass is 305 g/mol. The molecule has 0 unspecified atom stereocenters. The Balaban J connectivity index is 1.85. The number of rotatable bonds is 4. The number of hydrogen-bond donors (Lipinski definition) is 3. The van der Waals surface area contributed by atoms with Crippen molar-refractivity contribution in [3.05, 3.63) is 41.5 Å². The van der Waals surface area contributed by atoms with Crippen LogP contribution in [0.15, 0.2) is 30.3 Å². The van der Waals surface area contributed by atoms with Crippen molar-refractivity contribution >= 4 is 18.1 Å². The van der Waals surface area contributed by atoms with Gasteiger partial charge in [-0.25, -0.2) is 10.3 Å². The molecule has 0 spiro atoms. The molecule has 1 aliphatic rings. The summed E-state index contributed by atoms with van der Waals surface area (Å²) >= 11 is 0. The number of nitrogens with zero attached hydrogens (tertiary/aromatic N) is 2. The fourth-order valence-electron chi connectivity index (χ4n) is 2.30. The van der Waals surface area contributed by atoms with E-state index in [0.29, 0.717) is 13.1 Å². The first kappa shape index (κ1) is 16.0. The molecule has 0 atom stereocenters. The third kappa shape index (κ3) is 4.57. The van der Waals surface area contributed by atoms with Crippen LogP contribution in [0.3, 0.4) is 0 Å². The van der Waals surface area contributed by atoms with Gasteiger partial charge in [0.05, 0.1) is 0 Å². The molecule has 1 saturated heterocycles. The van der Waals surface area contributed by atoms with E-state index in [-0.39, 0.29) is 0 Å². The van der Waals surface area contributed by atoms with E-state index < -0.39 is 12.0 Å². The standard InChI is InChI=1S/C15H19N3O4/c19-14(16-22)6-5-12-1-3-13(4-2-12)11-17-7-9-18(10-8-17)15(20)21/h1-6,22H,7-11H2,(H,16,19)(H,20,21)/b6-5+. The lowest BCUT2D eigenvalue weighted by molar-refractivity contribution is -0.124. The Kier molecular flexibility index (Phi) is 5.51. The summed E-state index contributed by atoms with van der Waals surface area (Å²) in [5, 5.41) is 17.3. The molecule has 2 amide bonds. The van der Waals surface area contributed by atoms with Crippen molar-refractivity contribution in [2.24, 2.45) is 0 Å². The van der Waals surface area contributed by atoms with Crippen LogP contribution in [0, 0.1) is 0 Å². The summed E-state index contributed by atoms with van der Waals surface area (Å²) in [6.07, 6.45) is 2.00. The van der Waals surface area contributed by atoms with Gasteiger partial charge in [-0.2, -0.15) is 0 Å². The smallest absolute Gasteiger partial charge is 0.407 e. The molecule has 0 radical (unpaired) electrons. The first-order chi connectivity index (χ1) is 10.6. The van der Waals surface area contributed by atoms with Crippen LogP contribution in [0.2, 0.25) is 0 Å². The number of carboxylic acid groups (broad SMARTS) is 1. The summed E-state index contributed by atoms with van der Waals surface area (Å²) < 4.78 is 0. The Hall–Kier alpha value is -2.38. The van der Waals surface area contributed by atoms with Crippen LogP contribution in [0.1, 0.15) is 11.1 Å². The molecule has 1 heterocycles. The second kappa shape index (κ2) is 7.58. The van der Waals surface area contributed by atoms with Crippen LogP contribution >= 0.6 is 0 Å². The molecule has 118 valence electrons. The van der Waals surface area contributed by atoms with E-state index in [2.05, 4.69) is 4.90 Å². The molecule has 7 nitrogen and oxygen atoms in total. The lowest BCUT2D eigenvalue weighted by atomic mass is 10.1. The fraction of sp³-hybridized carbons (Fsp3) is 0.333. The number of carbonyl (C=O) groups excluding carboxylic acids is 1. The van der Waals surface area contributed by atoms with Gasteiger partial charge in [0.15, 0.2) is 0 Å². The van der Waals surface area contributed by atoms with E-state index in [1.807, 2.05) is 24.3 Å². The van der Waals surface area contributed by atoms with Crippen molar-refractivity contribution < 1.29 is 19.9 Å². The number of carbonyl (C=O) groups is 2. The first-order valence-corrected chi connectivity index (χ1v) is 7.00. The van der Waals surface area contributed by atoms with Crippen molar-refractivity contribution in [2.75, 3.05) is 26.2 Å². The van der Waals surface area contributed by atoms with E-state index in [1.165, 1.54) is 16.5 Å². The van der Waals surface area contributed by atoms with E-state index in [0.717, 1.165) is 30.8 Å². The molecule has 2 rings (SSSR count). The highest BCUT2D eigenvalue weighted by molar-refractivity contribution is 5.90. The molecule has 1 fully saturated rings. The minimum Gasteiger partial charge on any atom is -0.465 e. The summed E-state index contributed by atoms with van der Waals surface area (Å²) in [5.41, 5.74) is 3.53. The molecule has 3 N–H and O–H groups in total. The maximum absolute atomic E-state index is 10.9. The van der Waals surface area contributed by atoms with Crippen LogP contribution in [0.25, 0.3) is 6.08 Å². The summed E-state index contributed by atoms with van der Waals surface area (Å²) in [7, 11) is 0. The van der Waals surface area contributed by atoms with Gasteiger partial charge in [0.25, 0.3) is 5.91 Å². The van der Waals surface area contributed by atoms with Crippen molar-refractivity contribution in [3.8, 4) is 0 Å². The third-order valence-corrected chi connectivity index (χ3v) is 3.57. The Morgan fingerprint density at radius 2 is 1.77 bits per heavy atom. The predicted molar refractivity (Wildman–Crippen MR) is 80.3 cm³/mol. The minimum atomic E-state index is -0.859. The van der Waals surface area contributed by atoms with Crippen LogP contribution < -0.4 is 5.48 Å². The van der Waals surface area contributed by atoms with E-state index in [1.54, 1.807) is 6.08 Å². The molecule has 0 saturated carbocycles. The Labute approximate surface area is 128 Å². The molecular weight excluding hydrogens is 286 g/mol.